The van der Waals surface area contributed by atoms with Crippen LogP contribution < -0.4 is 5.32 Å². The largest absolute Gasteiger partial charge is 0.310 e. The summed E-state index contributed by atoms with van der Waals surface area (Å²) < 4.78 is 0. The molecule has 2 aromatic carbocycles. The van der Waals surface area contributed by atoms with Gasteiger partial charge in [-0.1, -0.05) is 56.3 Å². The first-order valence-electron chi connectivity index (χ1n) is 12.0. The molecular formula is C29H36N2. The molecule has 162 valence electrons. The van der Waals surface area contributed by atoms with Crippen molar-refractivity contribution in [2.45, 2.75) is 72.3 Å². The van der Waals surface area contributed by atoms with Crippen LogP contribution in [-0.2, 0) is 25.7 Å². The number of nitrogens with zero attached hydrogens (tertiary/aromatic N) is 1. The van der Waals surface area contributed by atoms with Gasteiger partial charge in [0.2, 0.25) is 0 Å². The zero-order chi connectivity index (χ0) is 21.8. The molecule has 1 N–H and O–H groups in total. The second-order valence-electron chi connectivity index (χ2n) is 8.89. The third-order valence-corrected chi connectivity index (χ3v) is 6.94. The summed E-state index contributed by atoms with van der Waals surface area (Å²) in [6.07, 6.45) is 6.84. The number of fused-ring (bicyclic) bond motifs is 1. The first-order chi connectivity index (χ1) is 15.1. The van der Waals surface area contributed by atoms with E-state index in [2.05, 4.69) is 81.5 Å². The first-order valence-corrected chi connectivity index (χ1v) is 12.0. The van der Waals surface area contributed by atoms with Crippen LogP contribution in [0.25, 0.3) is 11.3 Å². The topological polar surface area (TPSA) is 24.9 Å². The van der Waals surface area contributed by atoms with Crippen LogP contribution in [0.2, 0.25) is 0 Å². The number of rotatable bonds is 7. The number of aromatic nitrogens is 1. The van der Waals surface area contributed by atoms with E-state index in [0.29, 0.717) is 6.04 Å². The summed E-state index contributed by atoms with van der Waals surface area (Å²) in [4.78, 5) is 5.10. The van der Waals surface area contributed by atoms with Gasteiger partial charge in [0.1, 0.15) is 0 Å². The zero-order valence-corrected chi connectivity index (χ0v) is 19.6. The van der Waals surface area contributed by atoms with E-state index in [1.165, 1.54) is 63.9 Å². The van der Waals surface area contributed by atoms with Crippen molar-refractivity contribution >= 4 is 0 Å². The average molecular weight is 413 g/mol. The second-order valence-corrected chi connectivity index (χ2v) is 8.89. The fourth-order valence-electron chi connectivity index (χ4n) is 5.27. The number of aryl methyl sites for hydroxylation is 5. The highest BCUT2D eigenvalue weighted by Crippen LogP contribution is 2.31. The quantitative estimate of drug-likeness (QED) is 0.467. The van der Waals surface area contributed by atoms with E-state index in [1.54, 1.807) is 0 Å². The van der Waals surface area contributed by atoms with Gasteiger partial charge < -0.3 is 5.32 Å². The van der Waals surface area contributed by atoms with Crippen molar-refractivity contribution in [3.8, 4) is 11.3 Å². The Labute approximate surface area is 188 Å². The molecule has 0 radical (unpaired) electrons. The van der Waals surface area contributed by atoms with Gasteiger partial charge >= 0.3 is 0 Å². The maximum atomic E-state index is 5.10. The highest BCUT2D eigenvalue weighted by atomic mass is 14.9. The Morgan fingerprint density at radius 1 is 0.968 bits per heavy atom. The molecule has 2 nitrogen and oxygen atoms in total. The Morgan fingerprint density at radius 3 is 2.42 bits per heavy atom. The zero-order valence-electron chi connectivity index (χ0n) is 19.6. The lowest BCUT2D eigenvalue weighted by Gasteiger charge is -2.26. The van der Waals surface area contributed by atoms with Gasteiger partial charge in [0.05, 0.1) is 5.69 Å². The van der Waals surface area contributed by atoms with Crippen molar-refractivity contribution in [2.24, 2.45) is 0 Å². The van der Waals surface area contributed by atoms with Crippen LogP contribution in [0.4, 0.5) is 0 Å². The molecular weight excluding hydrogens is 376 g/mol. The molecule has 0 bridgehead atoms. The minimum Gasteiger partial charge on any atom is -0.310 e. The van der Waals surface area contributed by atoms with Crippen molar-refractivity contribution in [1.82, 2.24) is 10.3 Å². The number of pyridine rings is 1. The molecule has 0 aliphatic heterocycles. The predicted molar refractivity (Wildman–Crippen MR) is 132 cm³/mol. The van der Waals surface area contributed by atoms with E-state index >= 15 is 0 Å². The fraction of sp³-hybridized carbons (Fsp3) is 0.414. The van der Waals surface area contributed by atoms with Crippen LogP contribution >= 0.6 is 0 Å². The first kappa shape index (κ1) is 21.8. The fourth-order valence-corrected chi connectivity index (χ4v) is 5.27. The molecule has 1 aliphatic rings. The summed E-state index contributed by atoms with van der Waals surface area (Å²) in [5.74, 6) is 0. The van der Waals surface area contributed by atoms with Gasteiger partial charge in [-0.3, -0.25) is 4.98 Å². The molecule has 1 aliphatic carbocycles. The van der Waals surface area contributed by atoms with Gasteiger partial charge in [-0.2, -0.15) is 0 Å². The Kier molecular flexibility index (Phi) is 6.87. The van der Waals surface area contributed by atoms with Gasteiger partial charge in [-0.25, -0.2) is 0 Å². The lowest BCUT2D eigenvalue weighted by atomic mass is 9.87. The molecule has 1 heterocycles. The standard InChI is InChI=1S/C29H36N2/c1-5-22-12-9-13-23(6-2)29(22)28-19-20(3)25(21(4)31-28)17-18-30-27-16-10-14-24-11-7-8-15-26(24)27/h7-9,11-13,15,19,27,30H,5-6,10,14,16-18H2,1-4H3/t27-/m0/s1. The normalized spacial score (nSPS) is 15.7. The van der Waals surface area contributed by atoms with Crippen LogP contribution in [-0.4, -0.2) is 11.5 Å². The van der Waals surface area contributed by atoms with Crippen molar-refractivity contribution in [3.05, 3.63) is 87.6 Å². The van der Waals surface area contributed by atoms with Crippen molar-refractivity contribution in [2.75, 3.05) is 6.54 Å². The molecule has 0 spiro atoms. The Balaban J connectivity index is 1.52. The molecule has 3 aromatic rings. The highest BCUT2D eigenvalue weighted by molar-refractivity contribution is 5.69. The van der Waals surface area contributed by atoms with E-state index in [9.17, 15) is 0 Å². The molecule has 1 atom stereocenters. The summed E-state index contributed by atoms with van der Waals surface area (Å²) in [5, 5.41) is 3.84. The minimum atomic E-state index is 0.487. The molecule has 31 heavy (non-hydrogen) atoms. The number of hydrogen-bond donors (Lipinski definition) is 1. The third kappa shape index (κ3) is 4.60. The van der Waals surface area contributed by atoms with Gasteiger partial charge in [0, 0.05) is 17.3 Å². The van der Waals surface area contributed by atoms with Crippen molar-refractivity contribution in [1.29, 1.82) is 0 Å². The summed E-state index contributed by atoms with van der Waals surface area (Å²) in [6, 6.07) is 18.4. The predicted octanol–water partition coefficient (Wildman–Crippen LogP) is 6.70. The second kappa shape index (κ2) is 9.78. The molecule has 4 rings (SSSR count). The van der Waals surface area contributed by atoms with E-state index in [1.807, 2.05) is 0 Å². The van der Waals surface area contributed by atoms with E-state index in [4.69, 9.17) is 4.98 Å². The maximum absolute atomic E-state index is 5.10. The van der Waals surface area contributed by atoms with Crippen LogP contribution in [0.5, 0.6) is 0 Å². The third-order valence-electron chi connectivity index (χ3n) is 6.94. The Bertz CT molecular complexity index is 1010. The molecule has 0 amide bonds. The highest BCUT2D eigenvalue weighted by Gasteiger charge is 2.19. The van der Waals surface area contributed by atoms with Gasteiger partial charge in [-0.05, 0) is 98.4 Å². The van der Waals surface area contributed by atoms with Gasteiger partial charge in [0.15, 0.2) is 0 Å². The van der Waals surface area contributed by atoms with E-state index < -0.39 is 0 Å². The number of nitrogens with one attached hydrogen (secondary N) is 1. The summed E-state index contributed by atoms with van der Waals surface area (Å²) in [5.41, 5.74) is 12.2. The van der Waals surface area contributed by atoms with Crippen LogP contribution in [0.3, 0.4) is 0 Å². The molecule has 0 unspecified atom stereocenters. The van der Waals surface area contributed by atoms with E-state index in [-0.39, 0.29) is 0 Å². The Morgan fingerprint density at radius 2 is 1.71 bits per heavy atom. The Hall–Kier alpha value is -2.45. The lowest BCUT2D eigenvalue weighted by Crippen LogP contribution is -2.27. The van der Waals surface area contributed by atoms with Crippen molar-refractivity contribution < 1.29 is 0 Å². The molecule has 1 aromatic heterocycles. The number of benzene rings is 2. The lowest BCUT2D eigenvalue weighted by molar-refractivity contribution is 0.462. The van der Waals surface area contributed by atoms with Gasteiger partial charge in [0.25, 0.3) is 0 Å². The van der Waals surface area contributed by atoms with Crippen LogP contribution in [0.1, 0.15) is 71.8 Å². The van der Waals surface area contributed by atoms with Crippen LogP contribution in [0.15, 0.2) is 48.5 Å². The SMILES string of the molecule is CCc1cccc(CC)c1-c1cc(C)c(CCN[C@H]2CCCc3ccccc32)c(C)n1. The summed E-state index contributed by atoms with van der Waals surface area (Å²) in [6.45, 7) is 9.90. The smallest absolute Gasteiger partial charge is 0.0713 e. The average Bonchev–Trinajstić information content (AvgIpc) is 2.80. The summed E-state index contributed by atoms with van der Waals surface area (Å²) >= 11 is 0. The molecule has 0 saturated carbocycles. The minimum absolute atomic E-state index is 0.487. The van der Waals surface area contributed by atoms with Gasteiger partial charge in [-0.15, -0.1) is 0 Å². The maximum Gasteiger partial charge on any atom is 0.0713 e. The van der Waals surface area contributed by atoms with Crippen LogP contribution in [0, 0.1) is 13.8 Å². The van der Waals surface area contributed by atoms with E-state index in [0.717, 1.165) is 31.5 Å². The monoisotopic (exact) mass is 412 g/mol. The summed E-state index contributed by atoms with van der Waals surface area (Å²) in [7, 11) is 0. The molecule has 0 saturated heterocycles. The van der Waals surface area contributed by atoms with Crippen molar-refractivity contribution in [3.63, 3.8) is 0 Å². The molecule has 2 heteroatoms. The number of hydrogen-bond acceptors (Lipinski definition) is 2. The molecule has 0 fully saturated rings.